The van der Waals surface area contributed by atoms with Gasteiger partial charge in [0.2, 0.25) is 5.91 Å². The van der Waals surface area contributed by atoms with E-state index in [0.717, 1.165) is 50.3 Å². The van der Waals surface area contributed by atoms with E-state index in [2.05, 4.69) is 11.0 Å². The average Bonchev–Trinajstić information content (AvgIpc) is 3.21. The Hall–Kier alpha value is -3.39. The molecule has 2 amide bonds. The van der Waals surface area contributed by atoms with Gasteiger partial charge < -0.3 is 14.2 Å². The highest BCUT2D eigenvalue weighted by Gasteiger charge is 2.43. The maximum absolute atomic E-state index is 13.2. The summed E-state index contributed by atoms with van der Waals surface area (Å²) in [7, 11) is 3.28. The van der Waals surface area contributed by atoms with Crippen molar-refractivity contribution in [3.63, 3.8) is 0 Å². The average molecular weight is 495 g/mol. The van der Waals surface area contributed by atoms with Gasteiger partial charge >= 0.3 is 5.97 Å². The second-order valence-electron chi connectivity index (χ2n) is 9.26. The normalized spacial score (nSPS) is 19.0. The van der Waals surface area contributed by atoms with E-state index in [0.29, 0.717) is 17.2 Å². The van der Waals surface area contributed by atoms with Crippen LogP contribution in [0.2, 0.25) is 0 Å². The molecule has 2 fully saturated rings. The monoisotopic (exact) mass is 494 g/mol. The number of carbonyl (C=O) groups is 3. The number of piperidine rings is 1. The lowest BCUT2D eigenvalue weighted by molar-refractivity contribution is -0.123. The van der Waals surface area contributed by atoms with Crippen molar-refractivity contribution in [3.8, 4) is 11.5 Å². The zero-order valence-corrected chi connectivity index (χ0v) is 21.2. The summed E-state index contributed by atoms with van der Waals surface area (Å²) in [6, 6.07) is 12.1. The van der Waals surface area contributed by atoms with E-state index in [1.807, 2.05) is 12.1 Å². The van der Waals surface area contributed by atoms with Gasteiger partial charge in [-0.2, -0.15) is 0 Å². The molecule has 0 spiro atoms. The van der Waals surface area contributed by atoms with Gasteiger partial charge in [-0.05, 0) is 93.6 Å². The number of amides is 2. The van der Waals surface area contributed by atoms with Crippen LogP contribution in [0.15, 0.2) is 42.5 Å². The lowest BCUT2D eigenvalue weighted by Gasteiger charge is -2.34. The van der Waals surface area contributed by atoms with E-state index in [1.165, 1.54) is 10.5 Å². The molecule has 2 aliphatic rings. The third-order valence-corrected chi connectivity index (χ3v) is 7.14. The van der Waals surface area contributed by atoms with Gasteiger partial charge in [-0.1, -0.05) is 6.07 Å². The maximum Gasteiger partial charge on any atom is 0.338 e. The van der Waals surface area contributed by atoms with Gasteiger partial charge in [-0.25, -0.2) is 9.69 Å². The molecule has 0 saturated carbocycles. The SMILES string of the molecule is CCOC(=O)c1ccc(N2C(=O)C[C@H](N3CCC(CCc4ccc(OC)c(OC)c4)CC3)C2=O)cc1. The number of hydrogen-bond donors (Lipinski definition) is 0. The topological polar surface area (TPSA) is 85.4 Å². The van der Waals surface area contributed by atoms with Crippen LogP contribution in [-0.4, -0.2) is 62.6 Å². The molecule has 4 rings (SSSR count). The molecule has 36 heavy (non-hydrogen) atoms. The Morgan fingerprint density at radius 2 is 1.67 bits per heavy atom. The molecule has 2 heterocycles. The molecule has 0 bridgehead atoms. The number of benzene rings is 2. The number of methoxy groups -OCH3 is 2. The van der Waals surface area contributed by atoms with Crippen molar-refractivity contribution in [3.05, 3.63) is 53.6 Å². The number of anilines is 1. The van der Waals surface area contributed by atoms with Crippen molar-refractivity contribution < 1.29 is 28.6 Å². The molecule has 2 aromatic carbocycles. The summed E-state index contributed by atoms with van der Waals surface area (Å²) in [4.78, 5) is 41.2. The van der Waals surface area contributed by atoms with Gasteiger partial charge in [0.25, 0.3) is 5.91 Å². The number of nitrogens with zero attached hydrogens (tertiary/aromatic N) is 2. The van der Waals surface area contributed by atoms with Gasteiger partial charge in [-0.15, -0.1) is 0 Å². The van der Waals surface area contributed by atoms with Crippen molar-refractivity contribution in [2.45, 2.75) is 45.1 Å². The van der Waals surface area contributed by atoms with Crippen LogP contribution >= 0.6 is 0 Å². The summed E-state index contributed by atoms with van der Waals surface area (Å²) < 4.78 is 15.7. The molecule has 0 N–H and O–H groups in total. The first kappa shape index (κ1) is 25.7. The Labute approximate surface area is 212 Å². The van der Waals surface area contributed by atoms with Crippen LogP contribution in [-0.2, 0) is 20.7 Å². The van der Waals surface area contributed by atoms with Crippen molar-refractivity contribution in [1.29, 1.82) is 0 Å². The molecule has 8 nitrogen and oxygen atoms in total. The Kier molecular flexibility index (Phi) is 8.25. The first-order valence-corrected chi connectivity index (χ1v) is 12.5. The summed E-state index contributed by atoms with van der Waals surface area (Å²) in [6.07, 6.45) is 4.22. The van der Waals surface area contributed by atoms with Gasteiger partial charge in [-0.3, -0.25) is 14.5 Å². The fraction of sp³-hybridized carbons (Fsp3) is 0.464. The minimum absolute atomic E-state index is 0.187. The van der Waals surface area contributed by atoms with Gasteiger partial charge in [0.1, 0.15) is 0 Å². The van der Waals surface area contributed by atoms with E-state index in [9.17, 15) is 14.4 Å². The second kappa shape index (κ2) is 11.6. The van der Waals surface area contributed by atoms with Crippen LogP contribution in [0, 0.1) is 5.92 Å². The van der Waals surface area contributed by atoms with Crippen molar-refractivity contribution in [2.75, 3.05) is 38.8 Å². The zero-order valence-electron chi connectivity index (χ0n) is 21.2. The van der Waals surface area contributed by atoms with Gasteiger partial charge in [0.15, 0.2) is 11.5 Å². The molecule has 0 aliphatic carbocycles. The van der Waals surface area contributed by atoms with Crippen molar-refractivity contribution >= 4 is 23.5 Å². The molecule has 1 atom stereocenters. The Balaban J connectivity index is 1.31. The fourth-order valence-corrected chi connectivity index (χ4v) is 5.09. The maximum atomic E-state index is 13.2. The molecule has 0 unspecified atom stereocenters. The van der Waals surface area contributed by atoms with Crippen molar-refractivity contribution in [2.24, 2.45) is 5.92 Å². The molecule has 0 aromatic heterocycles. The second-order valence-corrected chi connectivity index (χ2v) is 9.26. The van der Waals surface area contributed by atoms with Gasteiger partial charge in [0.05, 0.1) is 44.5 Å². The summed E-state index contributed by atoms with van der Waals surface area (Å²) in [5, 5.41) is 0. The van der Waals surface area contributed by atoms with Crippen LogP contribution in [0.4, 0.5) is 5.69 Å². The summed E-state index contributed by atoms with van der Waals surface area (Å²) in [5.74, 6) is 1.24. The smallest absolute Gasteiger partial charge is 0.338 e. The van der Waals surface area contributed by atoms with Crippen LogP contribution in [0.25, 0.3) is 0 Å². The number of likely N-dealkylation sites (tertiary alicyclic amines) is 1. The van der Waals surface area contributed by atoms with Crippen LogP contribution < -0.4 is 14.4 Å². The van der Waals surface area contributed by atoms with Crippen LogP contribution in [0.3, 0.4) is 0 Å². The molecule has 2 saturated heterocycles. The first-order valence-electron chi connectivity index (χ1n) is 12.5. The number of hydrogen-bond acceptors (Lipinski definition) is 7. The fourth-order valence-electron chi connectivity index (χ4n) is 5.09. The zero-order chi connectivity index (χ0) is 25.7. The number of aryl methyl sites for hydroxylation is 1. The molecular weight excluding hydrogens is 460 g/mol. The standard InChI is InChI=1S/C28H34N2O6/c1-4-36-28(33)21-8-10-22(11-9-21)30-26(31)18-23(27(30)32)29-15-13-19(14-16-29)5-6-20-7-12-24(34-2)25(17-20)35-3/h7-12,17,19,23H,4-6,13-16,18H2,1-3H3/t23-/m0/s1. The van der Waals surface area contributed by atoms with E-state index < -0.39 is 12.0 Å². The lowest BCUT2D eigenvalue weighted by Crippen LogP contribution is -2.46. The molecule has 2 aliphatic heterocycles. The molecule has 0 radical (unpaired) electrons. The Bertz CT molecular complexity index is 1090. The highest BCUT2D eigenvalue weighted by atomic mass is 16.5. The quantitative estimate of drug-likeness (QED) is 0.387. The number of rotatable bonds is 9. The third-order valence-electron chi connectivity index (χ3n) is 7.14. The molecule has 192 valence electrons. The number of carbonyl (C=O) groups excluding carboxylic acids is 3. The molecule has 8 heteroatoms. The number of ether oxygens (including phenoxy) is 3. The Morgan fingerprint density at radius 3 is 2.31 bits per heavy atom. The first-order chi connectivity index (χ1) is 17.4. The molecule has 2 aromatic rings. The highest BCUT2D eigenvalue weighted by Crippen LogP contribution is 2.32. The van der Waals surface area contributed by atoms with E-state index in [-0.39, 0.29) is 24.8 Å². The summed E-state index contributed by atoms with van der Waals surface area (Å²) in [6.45, 7) is 3.64. The van der Waals surface area contributed by atoms with E-state index in [4.69, 9.17) is 14.2 Å². The highest BCUT2D eigenvalue weighted by molar-refractivity contribution is 6.22. The molecular formula is C28H34N2O6. The van der Waals surface area contributed by atoms with Crippen LogP contribution in [0.5, 0.6) is 11.5 Å². The lowest BCUT2D eigenvalue weighted by atomic mass is 9.89. The largest absolute Gasteiger partial charge is 0.493 e. The van der Waals surface area contributed by atoms with Crippen molar-refractivity contribution in [1.82, 2.24) is 4.90 Å². The minimum Gasteiger partial charge on any atom is -0.493 e. The van der Waals surface area contributed by atoms with Crippen LogP contribution in [0.1, 0.15) is 48.5 Å². The van der Waals surface area contributed by atoms with Gasteiger partial charge in [0, 0.05) is 0 Å². The van der Waals surface area contributed by atoms with E-state index >= 15 is 0 Å². The summed E-state index contributed by atoms with van der Waals surface area (Å²) in [5.41, 5.74) is 2.10. The minimum atomic E-state index is -0.422. The third kappa shape index (κ3) is 5.54. The number of imide groups is 1. The predicted octanol–water partition coefficient (Wildman–Crippen LogP) is 3.86. The predicted molar refractivity (Wildman–Crippen MR) is 135 cm³/mol. The van der Waals surface area contributed by atoms with E-state index in [1.54, 1.807) is 45.4 Å². The number of esters is 1. The summed E-state index contributed by atoms with van der Waals surface area (Å²) >= 11 is 0. The Morgan fingerprint density at radius 1 is 0.972 bits per heavy atom.